The lowest BCUT2D eigenvalue weighted by Gasteiger charge is -2.22. The number of fused-ring (bicyclic) bond motifs is 8. The molecule has 33 heavy (non-hydrogen) atoms. The number of furan rings is 1. The van der Waals surface area contributed by atoms with E-state index in [1.54, 1.807) is 0 Å². The SMILES string of the molecule is CC1(C)c2ccccc2-c2ccc(Nc3ccc4oc5ccc6ccccc6c5c4c3)cc21. The van der Waals surface area contributed by atoms with Crippen molar-refractivity contribution < 1.29 is 4.42 Å². The van der Waals surface area contributed by atoms with E-state index in [-0.39, 0.29) is 5.41 Å². The first-order valence-corrected chi connectivity index (χ1v) is 11.4. The summed E-state index contributed by atoms with van der Waals surface area (Å²) in [6, 6.07) is 34.6. The smallest absolute Gasteiger partial charge is 0.136 e. The highest BCUT2D eigenvalue weighted by Crippen LogP contribution is 2.49. The summed E-state index contributed by atoms with van der Waals surface area (Å²) in [4.78, 5) is 0. The molecule has 7 rings (SSSR count). The van der Waals surface area contributed by atoms with Gasteiger partial charge in [-0.3, -0.25) is 0 Å². The fourth-order valence-electron chi connectivity index (χ4n) is 5.57. The predicted octanol–water partition coefficient (Wildman–Crippen LogP) is 8.79. The molecule has 0 saturated carbocycles. The van der Waals surface area contributed by atoms with Gasteiger partial charge in [-0.15, -0.1) is 0 Å². The molecule has 2 heteroatoms. The zero-order valence-electron chi connectivity index (χ0n) is 18.6. The van der Waals surface area contributed by atoms with E-state index in [1.807, 2.05) is 0 Å². The topological polar surface area (TPSA) is 25.2 Å². The molecule has 0 atom stereocenters. The van der Waals surface area contributed by atoms with Crippen LogP contribution < -0.4 is 5.32 Å². The van der Waals surface area contributed by atoms with Crippen LogP contribution >= 0.6 is 0 Å². The summed E-state index contributed by atoms with van der Waals surface area (Å²) in [7, 11) is 0. The highest BCUT2D eigenvalue weighted by atomic mass is 16.3. The normalized spacial score (nSPS) is 14.0. The number of nitrogens with one attached hydrogen (secondary N) is 1. The lowest BCUT2D eigenvalue weighted by Crippen LogP contribution is -2.15. The third-order valence-corrected chi connectivity index (χ3v) is 7.23. The molecule has 1 aliphatic carbocycles. The molecule has 158 valence electrons. The van der Waals surface area contributed by atoms with Gasteiger partial charge in [-0.05, 0) is 69.4 Å². The number of benzene rings is 5. The van der Waals surface area contributed by atoms with Crippen molar-refractivity contribution in [2.45, 2.75) is 19.3 Å². The Bertz CT molecular complexity index is 1720. The molecular weight excluding hydrogens is 402 g/mol. The summed E-state index contributed by atoms with van der Waals surface area (Å²) < 4.78 is 6.16. The monoisotopic (exact) mass is 425 g/mol. The standard InChI is InChI=1S/C31H23NO/c1-31(2)26-10-6-5-9-23(26)24-14-12-21(18-27(24)31)32-20-13-16-28-25(17-20)30-22-8-4-3-7-19(22)11-15-29(30)33-28/h3-18,32H,1-2H3. The Labute approximate surface area is 192 Å². The first kappa shape index (κ1) is 18.5. The number of rotatable bonds is 2. The second-order valence-electron chi connectivity index (χ2n) is 9.53. The average molecular weight is 426 g/mol. The third-order valence-electron chi connectivity index (χ3n) is 7.23. The summed E-state index contributed by atoms with van der Waals surface area (Å²) in [6.07, 6.45) is 0. The maximum Gasteiger partial charge on any atom is 0.136 e. The van der Waals surface area contributed by atoms with Crippen molar-refractivity contribution in [3.8, 4) is 11.1 Å². The molecule has 0 saturated heterocycles. The molecule has 1 aromatic heterocycles. The Kier molecular flexibility index (Phi) is 3.64. The molecule has 2 nitrogen and oxygen atoms in total. The van der Waals surface area contributed by atoms with Crippen LogP contribution in [0, 0.1) is 0 Å². The van der Waals surface area contributed by atoms with Gasteiger partial charge in [0.2, 0.25) is 0 Å². The summed E-state index contributed by atoms with van der Waals surface area (Å²) in [5, 5.41) is 8.42. The summed E-state index contributed by atoms with van der Waals surface area (Å²) in [5.74, 6) is 0. The molecule has 1 aliphatic rings. The molecule has 1 N–H and O–H groups in total. The van der Waals surface area contributed by atoms with E-state index >= 15 is 0 Å². The van der Waals surface area contributed by atoms with Crippen molar-refractivity contribution in [3.05, 3.63) is 108 Å². The summed E-state index contributed by atoms with van der Waals surface area (Å²) in [6.45, 7) is 4.63. The Balaban J connectivity index is 1.34. The van der Waals surface area contributed by atoms with Gasteiger partial charge < -0.3 is 9.73 Å². The van der Waals surface area contributed by atoms with E-state index in [0.29, 0.717) is 0 Å². The molecule has 0 radical (unpaired) electrons. The molecule has 6 aromatic rings. The van der Waals surface area contributed by atoms with Crippen molar-refractivity contribution in [3.63, 3.8) is 0 Å². The Morgan fingerprint density at radius 3 is 2.27 bits per heavy atom. The Hall–Kier alpha value is -4.04. The van der Waals surface area contributed by atoms with Gasteiger partial charge in [-0.25, -0.2) is 0 Å². The molecule has 0 aliphatic heterocycles. The quantitative estimate of drug-likeness (QED) is 0.300. The first-order chi connectivity index (χ1) is 16.1. The lowest BCUT2D eigenvalue weighted by molar-refractivity contribution is 0.660. The van der Waals surface area contributed by atoms with Crippen molar-refractivity contribution in [2.75, 3.05) is 5.32 Å². The van der Waals surface area contributed by atoms with Crippen LogP contribution in [-0.4, -0.2) is 0 Å². The Morgan fingerprint density at radius 2 is 1.33 bits per heavy atom. The highest BCUT2D eigenvalue weighted by molar-refractivity contribution is 6.19. The van der Waals surface area contributed by atoms with E-state index < -0.39 is 0 Å². The molecule has 0 unspecified atom stereocenters. The van der Waals surface area contributed by atoms with Gasteiger partial charge in [-0.2, -0.15) is 0 Å². The molecule has 1 heterocycles. The molecule has 0 fully saturated rings. The summed E-state index contributed by atoms with van der Waals surface area (Å²) in [5.41, 5.74) is 9.46. The second-order valence-corrected chi connectivity index (χ2v) is 9.53. The largest absolute Gasteiger partial charge is 0.456 e. The molecule has 5 aromatic carbocycles. The zero-order chi connectivity index (χ0) is 22.2. The minimum Gasteiger partial charge on any atom is -0.456 e. The van der Waals surface area contributed by atoms with Gasteiger partial charge in [0.15, 0.2) is 0 Å². The fraction of sp³-hybridized carbons (Fsp3) is 0.0968. The van der Waals surface area contributed by atoms with Crippen molar-refractivity contribution in [1.29, 1.82) is 0 Å². The van der Waals surface area contributed by atoms with Crippen LogP contribution in [0.3, 0.4) is 0 Å². The minimum absolute atomic E-state index is 0.00670. The van der Waals surface area contributed by atoms with E-state index in [2.05, 4.69) is 116 Å². The second kappa shape index (κ2) is 6.49. The zero-order valence-corrected chi connectivity index (χ0v) is 18.6. The van der Waals surface area contributed by atoms with Gasteiger partial charge in [0.05, 0.1) is 0 Å². The number of anilines is 2. The molecule has 0 spiro atoms. The highest BCUT2D eigenvalue weighted by Gasteiger charge is 2.35. The van der Waals surface area contributed by atoms with Gasteiger partial charge >= 0.3 is 0 Å². The maximum atomic E-state index is 6.16. The summed E-state index contributed by atoms with van der Waals surface area (Å²) >= 11 is 0. The molecule has 0 amide bonds. The van der Waals surface area contributed by atoms with E-state index in [4.69, 9.17) is 4.42 Å². The number of hydrogen-bond donors (Lipinski definition) is 1. The average Bonchev–Trinajstić information content (AvgIpc) is 3.32. The third kappa shape index (κ3) is 2.61. The maximum absolute atomic E-state index is 6.16. The fourth-order valence-corrected chi connectivity index (χ4v) is 5.57. The van der Waals surface area contributed by atoms with Crippen molar-refractivity contribution >= 4 is 44.1 Å². The van der Waals surface area contributed by atoms with Crippen LogP contribution in [0.4, 0.5) is 11.4 Å². The molecule has 0 bridgehead atoms. The van der Waals surface area contributed by atoms with Crippen LogP contribution in [0.25, 0.3) is 43.8 Å². The van der Waals surface area contributed by atoms with Crippen LogP contribution in [0.1, 0.15) is 25.0 Å². The van der Waals surface area contributed by atoms with Crippen LogP contribution in [0.2, 0.25) is 0 Å². The Morgan fingerprint density at radius 1 is 0.606 bits per heavy atom. The van der Waals surface area contributed by atoms with Gasteiger partial charge in [-0.1, -0.05) is 74.5 Å². The van der Waals surface area contributed by atoms with Crippen LogP contribution in [0.15, 0.2) is 101 Å². The lowest BCUT2D eigenvalue weighted by atomic mass is 9.82. The first-order valence-electron chi connectivity index (χ1n) is 11.4. The molecular formula is C31H23NO. The van der Waals surface area contributed by atoms with Crippen LogP contribution in [-0.2, 0) is 5.41 Å². The van der Waals surface area contributed by atoms with Crippen molar-refractivity contribution in [2.24, 2.45) is 0 Å². The minimum atomic E-state index is -0.00670. The van der Waals surface area contributed by atoms with E-state index in [0.717, 1.165) is 27.9 Å². The van der Waals surface area contributed by atoms with Crippen LogP contribution in [0.5, 0.6) is 0 Å². The van der Waals surface area contributed by atoms with Gasteiger partial charge in [0.1, 0.15) is 11.2 Å². The van der Waals surface area contributed by atoms with E-state index in [1.165, 1.54) is 38.4 Å². The number of hydrogen-bond acceptors (Lipinski definition) is 2. The van der Waals surface area contributed by atoms with Crippen molar-refractivity contribution in [1.82, 2.24) is 0 Å². The predicted molar refractivity (Wildman–Crippen MR) is 139 cm³/mol. The van der Waals surface area contributed by atoms with Gasteiger partial charge in [0, 0.05) is 27.6 Å². The van der Waals surface area contributed by atoms with Gasteiger partial charge in [0.25, 0.3) is 0 Å². The van der Waals surface area contributed by atoms with E-state index in [9.17, 15) is 0 Å².